The van der Waals surface area contributed by atoms with E-state index in [2.05, 4.69) is 20.3 Å². The number of rotatable bonds is 7. The number of benzene rings is 2. The van der Waals surface area contributed by atoms with Crippen LogP contribution in [0.2, 0.25) is 0 Å². The molecule has 1 atom stereocenters. The van der Waals surface area contributed by atoms with Gasteiger partial charge < -0.3 is 15.4 Å². The smallest absolute Gasteiger partial charge is 0.307 e. The fourth-order valence-electron chi connectivity index (χ4n) is 4.93. The number of esters is 1. The SMILES string of the molecule is O=C1C[C@H](C(=O)Nc2ccc(C(=O)Nc3ccc(S(=O)(=O)Nc4nccs4)cc3)cc2)C2(CCCCC2)O1. The molecule has 3 aromatic rings. The minimum Gasteiger partial charge on any atom is -0.458 e. The molecule has 10 nitrogen and oxygen atoms in total. The lowest BCUT2D eigenvalue weighted by atomic mass is 9.75. The minimum absolute atomic E-state index is 0.0372. The monoisotopic (exact) mass is 554 g/mol. The summed E-state index contributed by atoms with van der Waals surface area (Å²) in [7, 11) is -3.79. The summed E-state index contributed by atoms with van der Waals surface area (Å²) in [5.74, 6) is -1.51. The van der Waals surface area contributed by atoms with E-state index >= 15 is 0 Å². The number of hydrogen-bond acceptors (Lipinski definition) is 8. The van der Waals surface area contributed by atoms with Crippen molar-refractivity contribution in [1.29, 1.82) is 0 Å². The van der Waals surface area contributed by atoms with Gasteiger partial charge >= 0.3 is 5.97 Å². The first-order valence-electron chi connectivity index (χ1n) is 12.2. The highest BCUT2D eigenvalue weighted by Crippen LogP contribution is 2.44. The zero-order chi connectivity index (χ0) is 26.8. The Kier molecular flexibility index (Phi) is 7.17. The molecule has 1 saturated heterocycles. The largest absolute Gasteiger partial charge is 0.458 e. The molecule has 0 unspecified atom stereocenters. The van der Waals surface area contributed by atoms with E-state index < -0.39 is 27.4 Å². The summed E-state index contributed by atoms with van der Waals surface area (Å²) in [6.07, 6.45) is 5.92. The van der Waals surface area contributed by atoms with Crippen molar-refractivity contribution in [3.8, 4) is 0 Å². The fraction of sp³-hybridized carbons (Fsp3) is 0.308. The van der Waals surface area contributed by atoms with Gasteiger partial charge in [-0.05, 0) is 74.2 Å². The maximum Gasteiger partial charge on any atom is 0.307 e. The summed E-state index contributed by atoms with van der Waals surface area (Å²) in [5.41, 5.74) is 0.585. The van der Waals surface area contributed by atoms with Gasteiger partial charge in [0.05, 0.1) is 17.2 Å². The third-order valence-corrected chi connectivity index (χ3v) is 9.00. The quantitative estimate of drug-likeness (QED) is 0.367. The van der Waals surface area contributed by atoms with E-state index in [9.17, 15) is 22.8 Å². The second-order valence-electron chi connectivity index (χ2n) is 9.34. The number of aromatic nitrogens is 1. The van der Waals surface area contributed by atoms with Crippen molar-refractivity contribution in [1.82, 2.24) is 4.98 Å². The standard InChI is InChI=1S/C26H26N4O6S2/c31-22-16-21(26(36-22)12-2-1-3-13-26)24(33)29-18-6-4-17(5-7-18)23(32)28-19-8-10-20(11-9-19)38(34,35)30-25-27-14-15-37-25/h4-11,14-15,21H,1-3,12-13,16H2,(H,27,30)(H,28,32)(H,29,33)/t21-/m1/s1. The third kappa shape index (κ3) is 5.55. The summed E-state index contributed by atoms with van der Waals surface area (Å²) >= 11 is 1.17. The summed E-state index contributed by atoms with van der Waals surface area (Å²) in [5, 5.41) is 7.51. The average molecular weight is 555 g/mol. The molecule has 38 heavy (non-hydrogen) atoms. The number of carbonyl (C=O) groups excluding carboxylic acids is 3. The van der Waals surface area contributed by atoms with Gasteiger partial charge in [-0.25, -0.2) is 13.4 Å². The molecule has 2 amide bonds. The van der Waals surface area contributed by atoms with Crippen LogP contribution in [0.1, 0.15) is 48.9 Å². The first-order valence-corrected chi connectivity index (χ1v) is 14.6. The van der Waals surface area contributed by atoms with Crippen LogP contribution in [0.15, 0.2) is 65.0 Å². The molecule has 2 aliphatic rings. The Morgan fingerprint density at radius 2 is 1.61 bits per heavy atom. The van der Waals surface area contributed by atoms with Crippen LogP contribution in [0.5, 0.6) is 0 Å². The lowest BCUT2D eigenvalue weighted by molar-refractivity contribution is -0.153. The van der Waals surface area contributed by atoms with Crippen LogP contribution in [-0.4, -0.2) is 36.8 Å². The summed E-state index contributed by atoms with van der Waals surface area (Å²) < 4.78 is 33.0. The van der Waals surface area contributed by atoms with Crippen LogP contribution in [-0.2, 0) is 24.3 Å². The molecule has 1 aromatic heterocycles. The van der Waals surface area contributed by atoms with Crippen LogP contribution in [0, 0.1) is 5.92 Å². The molecule has 198 valence electrons. The third-order valence-electron chi connectivity index (χ3n) is 6.83. The Hall–Kier alpha value is -3.77. The van der Waals surface area contributed by atoms with Crippen LogP contribution >= 0.6 is 11.3 Å². The van der Waals surface area contributed by atoms with Crippen molar-refractivity contribution < 1.29 is 27.5 Å². The fourth-order valence-corrected chi connectivity index (χ4v) is 6.72. The number of hydrogen-bond donors (Lipinski definition) is 3. The van der Waals surface area contributed by atoms with Gasteiger partial charge in [0.25, 0.3) is 15.9 Å². The van der Waals surface area contributed by atoms with E-state index in [1.54, 1.807) is 29.6 Å². The molecule has 2 aromatic carbocycles. The number of thiazole rings is 1. The maximum absolute atomic E-state index is 13.0. The molecule has 0 radical (unpaired) electrons. The van der Waals surface area contributed by atoms with Gasteiger partial charge in [0.2, 0.25) is 5.91 Å². The van der Waals surface area contributed by atoms with Crippen LogP contribution < -0.4 is 15.4 Å². The average Bonchev–Trinajstić information content (AvgIpc) is 3.52. The molecule has 2 fully saturated rings. The zero-order valence-electron chi connectivity index (χ0n) is 20.3. The van der Waals surface area contributed by atoms with Crippen molar-refractivity contribution in [2.45, 2.75) is 49.0 Å². The molecule has 3 N–H and O–H groups in total. The predicted octanol–water partition coefficient (Wildman–Crippen LogP) is 4.40. The van der Waals surface area contributed by atoms with Gasteiger partial charge in [-0.2, -0.15) is 0 Å². The second kappa shape index (κ2) is 10.5. The van der Waals surface area contributed by atoms with E-state index in [-0.39, 0.29) is 28.3 Å². The topological polar surface area (TPSA) is 144 Å². The molecule has 0 bridgehead atoms. The highest BCUT2D eigenvalue weighted by Gasteiger charge is 2.52. The Bertz CT molecular complexity index is 1430. The molecular formula is C26H26N4O6S2. The van der Waals surface area contributed by atoms with Gasteiger partial charge in [0.15, 0.2) is 5.13 Å². The molecule has 2 heterocycles. The number of sulfonamides is 1. The normalized spacial score (nSPS) is 18.5. The van der Waals surface area contributed by atoms with Crippen molar-refractivity contribution >= 4 is 55.7 Å². The van der Waals surface area contributed by atoms with Gasteiger partial charge in [-0.1, -0.05) is 6.42 Å². The van der Waals surface area contributed by atoms with E-state index in [4.69, 9.17) is 4.74 Å². The molecule has 1 saturated carbocycles. The predicted molar refractivity (Wildman–Crippen MR) is 142 cm³/mol. The summed E-state index contributed by atoms with van der Waals surface area (Å²) in [4.78, 5) is 41.7. The number of anilines is 3. The molecular weight excluding hydrogens is 528 g/mol. The number of carbonyl (C=O) groups is 3. The molecule has 5 rings (SSSR count). The lowest BCUT2D eigenvalue weighted by Crippen LogP contribution is -2.43. The van der Waals surface area contributed by atoms with Gasteiger partial charge in [0.1, 0.15) is 5.60 Å². The Balaban J connectivity index is 1.19. The minimum atomic E-state index is -3.79. The van der Waals surface area contributed by atoms with Crippen molar-refractivity contribution in [2.75, 3.05) is 15.4 Å². The maximum atomic E-state index is 13.0. The first-order chi connectivity index (χ1) is 18.2. The Morgan fingerprint density at radius 1 is 0.947 bits per heavy atom. The Morgan fingerprint density at radius 3 is 2.26 bits per heavy atom. The van der Waals surface area contributed by atoms with Gasteiger partial charge in [0, 0.05) is 28.5 Å². The molecule has 1 aliphatic carbocycles. The zero-order valence-corrected chi connectivity index (χ0v) is 21.9. The second-order valence-corrected chi connectivity index (χ2v) is 11.9. The van der Waals surface area contributed by atoms with E-state index in [0.717, 1.165) is 19.3 Å². The lowest BCUT2D eigenvalue weighted by Gasteiger charge is -2.36. The van der Waals surface area contributed by atoms with Crippen molar-refractivity contribution in [3.63, 3.8) is 0 Å². The first kappa shape index (κ1) is 25.9. The van der Waals surface area contributed by atoms with Gasteiger partial charge in [-0.15, -0.1) is 11.3 Å². The molecule has 1 spiro atoms. The highest BCUT2D eigenvalue weighted by molar-refractivity contribution is 7.93. The van der Waals surface area contributed by atoms with Crippen molar-refractivity contribution in [2.24, 2.45) is 5.92 Å². The van der Waals surface area contributed by atoms with Crippen molar-refractivity contribution in [3.05, 3.63) is 65.7 Å². The van der Waals surface area contributed by atoms with E-state index in [1.807, 2.05) is 0 Å². The highest BCUT2D eigenvalue weighted by atomic mass is 32.2. The Labute approximate surface area is 223 Å². The van der Waals surface area contributed by atoms with Crippen LogP contribution in [0.25, 0.3) is 0 Å². The summed E-state index contributed by atoms with van der Waals surface area (Å²) in [6, 6.07) is 12.2. The number of amides is 2. The molecule has 1 aliphatic heterocycles. The number of nitrogens with one attached hydrogen (secondary N) is 3. The van der Waals surface area contributed by atoms with Crippen LogP contribution in [0.4, 0.5) is 16.5 Å². The number of nitrogens with zero attached hydrogens (tertiary/aromatic N) is 1. The summed E-state index contributed by atoms with van der Waals surface area (Å²) in [6.45, 7) is 0. The van der Waals surface area contributed by atoms with E-state index in [0.29, 0.717) is 29.8 Å². The molecule has 12 heteroatoms. The van der Waals surface area contributed by atoms with E-state index in [1.165, 1.54) is 41.8 Å². The van der Waals surface area contributed by atoms with Crippen LogP contribution in [0.3, 0.4) is 0 Å². The van der Waals surface area contributed by atoms with Gasteiger partial charge in [-0.3, -0.25) is 19.1 Å². The number of ether oxygens (including phenoxy) is 1.